The molecule has 1 saturated carbocycles. The molecule has 2 unspecified atom stereocenters. The number of hydrogen-bond donors (Lipinski definition) is 1. The van der Waals surface area contributed by atoms with Crippen LogP contribution in [0.5, 0.6) is 0 Å². The molecule has 1 aromatic rings. The molecule has 2 atom stereocenters. The van der Waals surface area contributed by atoms with Crippen molar-refractivity contribution in [2.45, 2.75) is 49.6 Å². The van der Waals surface area contributed by atoms with Crippen LogP contribution in [-0.2, 0) is 6.54 Å². The van der Waals surface area contributed by atoms with Gasteiger partial charge in [0.15, 0.2) is 5.16 Å². The maximum absolute atomic E-state index is 11.5. The Labute approximate surface area is 104 Å². The number of nitriles is 1. The number of nitrogens with one attached hydrogen (secondary N) is 1. The first-order valence-corrected chi connectivity index (χ1v) is 6.85. The molecule has 5 nitrogen and oxygen atoms in total. The third-order valence-corrected chi connectivity index (χ3v) is 4.44. The second-order valence-corrected chi connectivity index (χ2v) is 5.49. The second-order valence-electron chi connectivity index (χ2n) is 4.29. The number of H-pyrrole nitrogens is 1. The van der Waals surface area contributed by atoms with E-state index in [1.165, 1.54) is 0 Å². The van der Waals surface area contributed by atoms with Gasteiger partial charge >= 0.3 is 5.69 Å². The Morgan fingerprint density at radius 1 is 1.65 bits per heavy atom. The van der Waals surface area contributed by atoms with E-state index in [1.54, 1.807) is 16.3 Å². The van der Waals surface area contributed by atoms with Gasteiger partial charge in [-0.05, 0) is 19.3 Å². The minimum Gasteiger partial charge on any atom is -0.270 e. The Balaban J connectivity index is 2.13. The first kappa shape index (κ1) is 12.2. The lowest BCUT2D eigenvalue weighted by molar-refractivity contribution is 0.600. The Bertz CT molecular complexity index is 473. The molecular weight excluding hydrogens is 236 g/mol. The summed E-state index contributed by atoms with van der Waals surface area (Å²) < 4.78 is 1.66. The number of hydrogen-bond acceptors (Lipinski definition) is 4. The van der Waals surface area contributed by atoms with E-state index in [-0.39, 0.29) is 16.9 Å². The van der Waals surface area contributed by atoms with Gasteiger partial charge in [0, 0.05) is 11.8 Å². The van der Waals surface area contributed by atoms with E-state index in [2.05, 4.69) is 16.3 Å². The van der Waals surface area contributed by atoms with E-state index >= 15 is 0 Å². The molecule has 6 heteroatoms. The van der Waals surface area contributed by atoms with Gasteiger partial charge in [-0.3, -0.25) is 4.57 Å². The first-order chi connectivity index (χ1) is 8.26. The van der Waals surface area contributed by atoms with Crippen molar-refractivity contribution in [3.05, 3.63) is 10.5 Å². The molecule has 2 rings (SSSR count). The number of aromatic amines is 1. The smallest absolute Gasteiger partial charge is 0.270 e. The minimum atomic E-state index is -0.152. The molecule has 0 aromatic carbocycles. The average Bonchev–Trinajstić information content (AvgIpc) is 2.90. The van der Waals surface area contributed by atoms with Crippen LogP contribution in [-0.4, -0.2) is 20.0 Å². The van der Waals surface area contributed by atoms with Gasteiger partial charge in [-0.25, -0.2) is 9.89 Å². The van der Waals surface area contributed by atoms with Gasteiger partial charge in [0.25, 0.3) is 0 Å². The molecule has 0 aliphatic heterocycles. The van der Waals surface area contributed by atoms with Gasteiger partial charge in [-0.1, -0.05) is 25.1 Å². The summed E-state index contributed by atoms with van der Waals surface area (Å²) in [4.78, 5) is 11.5. The minimum absolute atomic E-state index is 0.0990. The highest BCUT2D eigenvalue weighted by Gasteiger charge is 2.29. The monoisotopic (exact) mass is 252 g/mol. The van der Waals surface area contributed by atoms with Crippen molar-refractivity contribution in [3.63, 3.8) is 0 Å². The Hall–Kier alpha value is -1.22. The van der Waals surface area contributed by atoms with Crippen LogP contribution < -0.4 is 5.69 Å². The van der Waals surface area contributed by atoms with Crippen molar-refractivity contribution in [3.8, 4) is 6.07 Å². The molecule has 1 fully saturated rings. The van der Waals surface area contributed by atoms with Crippen LogP contribution in [0.1, 0.15) is 32.6 Å². The normalized spacial score (nSPS) is 23.8. The summed E-state index contributed by atoms with van der Waals surface area (Å²) in [6, 6.07) is 2.35. The highest BCUT2D eigenvalue weighted by atomic mass is 32.2. The molecule has 1 aromatic heterocycles. The first-order valence-electron chi connectivity index (χ1n) is 5.97. The fraction of sp³-hybridized carbons (Fsp3) is 0.727. The molecule has 1 aliphatic carbocycles. The lowest BCUT2D eigenvalue weighted by atomic mass is 10.1. The summed E-state index contributed by atoms with van der Waals surface area (Å²) in [5.41, 5.74) is -0.152. The zero-order chi connectivity index (χ0) is 12.3. The Morgan fingerprint density at radius 2 is 2.47 bits per heavy atom. The summed E-state index contributed by atoms with van der Waals surface area (Å²) in [5.74, 6) is 0.0990. The maximum atomic E-state index is 11.5. The Morgan fingerprint density at radius 3 is 3.18 bits per heavy atom. The predicted molar refractivity (Wildman–Crippen MR) is 65.7 cm³/mol. The third kappa shape index (κ3) is 2.55. The SMILES string of the molecule is CCCn1c(SC2CCCC2C#N)n[nH]c1=O. The summed E-state index contributed by atoms with van der Waals surface area (Å²) >= 11 is 1.57. The van der Waals surface area contributed by atoms with Crippen molar-refractivity contribution in [2.24, 2.45) is 5.92 Å². The number of thioether (sulfide) groups is 1. The molecule has 0 amide bonds. The zero-order valence-corrected chi connectivity index (χ0v) is 10.7. The van der Waals surface area contributed by atoms with E-state index < -0.39 is 0 Å². The van der Waals surface area contributed by atoms with Gasteiger partial charge in [0.05, 0.1) is 12.0 Å². The van der Waals surface area contributed by atoms with Crippen molar-refractivity contribution in [1.29, 1.82) is 5.26 Å². The van der Waals surface area contributed by atoms with E-state index in [0.29, 0.717) is 6.54 Å². The van der Waals surface area contributed by atoms with Crippen LogP contribution in [0.4, 0.5) is 0 Å². The van der Waals surface area contributed by atoms with Crippen molar-refractivity contribution < 1.29 is 0 Å². The molecule has 1 heterocycles. The summed E-state index contributed by atoms with van der Waals surface area (Å²) in [7, 11) is 0. The summed E-state index contributed by atoms with van der Waals surface area (Å²) in [6.45, 7) is 2.71. The lowest BCUT2D eigenvalue weighted by Gasteiger charge is -2.12. The molecule has 92 valence electrons. The van der Waals surface area contributed by atoms with Crippen molar-refractivity contribution >= 4 is 11.8 Å². The molecule has 0 radical (unpaired) electrons. The van der Waals surface area contributed by atoms with Crippen LogP contribution in [0.3, 0.4) is 0 Å². The predicted octanol–water partition coefficient (Wildman–Crippen LogP) is 1.77. The number of nitrogens with zero attached hydrogens (tertiary/aromatic N) is 3. The quantitative estimate of drug-likeness (QED) is 0.886. The second kappa shape index (κ2) is 5.41. The van der Waals surface area contributed by atoms with Gasteiger partial charge in [-0.15, -0.1) is 5.10 Å². The van der Waals surface area contributed by atoms with E-state index in [0.717, 1.165) is 30.8 Å². The summed E-state index contributed by atoms with van der Waals surface area (Å²) in [6.07, 6.45) is 4.00. The van der Waals surface area contributed by atoms with Crippen LogP contribution in [0.15, 0.2) is 9.95 Å². The topological polar surface area (TPSA) is 74.5 Å². The number of aromatic nitrogens is 3. The Kier molecular flexibility index (Phi) is 3.89. The molecule has 1 N–H and O–H groups in total. The third-order valence-electron chi connectivity index (χ3n) is 3.05. The van der Waals surface area contributed by atoms with Gasteiger partial charge in [-0.2, -0.15) is 5.26 Å². The van der Waals surface area contributed by atoms with E-state index in [9.17, 15) is 4.79 Å². The van der Waals surface area contributed by atoms with Gasteiger partial charge < -0.3 is 0 Å². The van der Waals surface area contributed by atoms with E-state index in [4.69, 9.17) is 5.26 Å². The molecule has 17 heavy (non-hydrogen) atoms. The average molecular weight is 252 g/mol. The van der Waals surface area contributed by atoms with Crippen LogP contribution in [0.2, 0.25) is 0 Å². The van der Waals surface area contributed by atoms with E-state index in [1.807, 2.05) is 6.92 Å². The number of rotatable bonds is 4. The van der Waals surface area contributed by atoms with Crippen molar-refractivity contribution in [2.75, 3.05) is 0 Å². The molecule has 0 saturated heterocycles. The largest absolute Gasteiger partial charge is 0.343 e. The summed E-state index contributed by atoms with van der Waals surface area (Å²) in [5, 5.41) is 16.6. The van der Waals surface area contributed by atoms with Crippen LogP contribution in [0.25, 0.3) is 0 Å². The molecule has 1 aliphatic rings. The zero-order valence-electron chi connectivity index (χ0n) is 9.85. The fourth-order valence-corrected chi connectivity index (χ4v) is 3.48. The van der Waals surface area contributed by atoms with Gasteiger partial charge in [0.1, 0.15) is 0 Å². The maximum Gasteiger partial charge on any atom is 0.343 e. The molecule has 0 bridgehead atoms. The van der Waals surface area contributed by atoms with Gasteiger partial charge in [0.2, 0.25) is 0 Å². The van der Waals surface area contributed by atoms with Crippen molar-refractivity contribution in [1.82, 2.24) is 14.8 Å². The highest BCUT2D eigenvalue weighted by Crippen LogP contribution is 2.37. The molecular formula is C11H16N4OS. The van der Waals surface area contributed by atoms with Crippen LogP contribution in [0, 0.1) is 17.2 Å². The molecule has 0 spiro atoms. The highest BCUT2D eigenvalue weighted by molar-refractivity contribution is 7.99. The lowest BCUT2D eigenvalue weighted by Crippen LogP contribution is -2.18. The fourth-order valence-electron chi connectivity index (χ4n) is 2.16. The van der Waals surface area contributed by atoms with Crippen LogP contribution >= 0.6 is 11.8 Å². The standard InChI is InChI=1S/C11H16N4OS/c1-2-6-15-10(16)13-14-11(15)17-9-5-3-4-8(9)7-12/h8-9H,2-6H2,1H3,(H,13,16).